The molecule has 0 spiro atoms. The number of alkyl halides is 3. The molecular weight excluding hydrogens is 549 g/mol. The van der Waals surface area contributed by atoms with Crippen LogP contribution in [0.4, 0.5) is 42.5 Å². The van der Waals surface area contributed by atoms with Crippen LogP contribution in [-0.2, 0) is 6.18 Å². The standard InChI is InChI=1S/C26H24ClF3N8O2/c1-15-5-3-8-19(27)21(15)34-22(39)20-14-31-25(40-20)36-23-32-16(2)33-24(35-23)38-11-9-37(10-12-38)18-7-4-6-17(13-18)26(28,29)30/h3-8,13-14H,9-12H2,1-2H3,(H,34,39)(H,31,32,33,35,36). The van der Waals surface area contributed by atoms with Crippen LogP contribution < -0.4 is 20.4 Å². The molecule has 208 valence electrons. The first kappa shape index (κ1) is 27.2. The van der Waals surface area contributed by atoms with Crippen LogP contribution in [-0.4, -0.2) is 52.0 Å². The maximum Gasteiger partial charge on any atom is 0.416 e. The van der Waals surface area contributed by atoms with E-state index in [1.165, 1.54) is 12.3 Å². The lowest BCUT2D eigenvalue weighted by atomic mass is 10.1. The Hall–Kier alpha value is -4.39. The minimum atomic E-state index is -4.40. The third-order valence-corrected chi connectivity index (χ3v) is 6.56. The lowest BCUT2D eigenvalue weighted by Gasteiger charge is -2.36. The van der Waals surface area contributed by atoms with Gasteiger partial charge in [0.15, 0.2) is 0 Å². The minimum Gasteiger partial charge on any atom is -0.418 e. The van der Waals surface area contributed by atoms with Crippen LogP contribution in [0.3, 0.4) is 0 Å². The zero-order chi connectivity index (χ0) is 28.4. The quantitative estimate of drug-likeness (QED) is 0.310. The van der Waals surface area contributed by atoms with Gasteiger partial charge in [0.05, 0.1) is 22.5 Å². The van der Waals surface area contributed by atoms with E-state index in [1.54, 1.807) is 25.1 Å². The van der Waals surface area contributed by atoms with E-state index >= 15 is 0 Å². The molecule has 3 heterocycles. The highest BCUT2D eigenvalue weighted by molar-refractivity contribution is 6.34. The number of hydrogen-bond acceptors (Lipinski definition) is 9. The Kier molecular flexibility index (Phi) is 7.48. The Morgan fingerprint density at radius 3 is 2.45 bits per heavy atom. The van der Waals surface area contributed by atoms with Crippen LogP contribution in [0.15, 0.2) is 53.1 Å². The summed E-state index contributed by atoms with van der Waals surface area (Å²) in [6.45, 7) is 5.47. The molecule has 10 nitrogen and oxygen atoms in total. The van der Waals surface area contributed by atoms with Crippen molar-refractivity contribution in [3.63, 3.8) is 0 Å². The molecule has 1 fully saturated rings. The van der Waals surface area contributed by atoms with Crippen LogP contribution >= 0.6 is 11.6 Å². The summed E-state index contributed by atoms with van der Waals surface area (Å²) in [7, 11) is 0. The SMILES string of the molecule is Cc1nc(Nc2ncc(C(=O)Nc3c(C)cccc3Cl)o2)nc(N2CCN(c3cccc(C(F)(F)F)c3)CC2)n1. The fourth-order valence-electron chi connectivity index (χ4n) is 4.21. The van der Waals surface area contributed by atoms with Crippen molar-refractivity contribution in [1.29, 1.82) is 0 Å². The predicted octanol–water partition coefficient (Wildman–Crippen LogP) is 5.47. The predicted molar refractivity (Wildman–Crippen MR) is 144 cm³/mol. The smallest absolute Gasteiger partial charge is 0.416 e. The number of oxazole rings is 1. The van der Waals surface area contributed by atoms with Crippen LogP contribution in [0.1, 0.15) is 27.5 Å². The Labute approximate surface area is 232 Å². The molecule has 0 aliphatic carbocycles. The summed E-state index contributed by atoms with van der Waals surface area (Å²) in [5.41, 5.74) is 1.10. The number of benzene rings is 2. The lowest BCUT2D eigenvalue weighted by Crippen LogP contribution is -2.47. The molecule has 1 saturated heterocycles. The second-order valence-electron chi connectivity index (χ2n) is 9.07. The molecular formula is C26H24ClF3N8O2. The van der Waals surface area contributed by atoms with Gasteiger partial charge in [-0.05, 0) is 43.7 Å². The summed E-state index contributed by atoms with van der Waals surface area (Å²) in [5.74, 6) is 0.434. The van der Waals surface area contributed by atoms with E-state index in [4.69, 9.17) is 16.0 Å². The van der Waals surface area contributed by atoms with E-state index in [9.17, 15) is 18.0 Å². The van der Waals surface area contributed by atoms with Gasteiger partial charge in [-0.1, -0.05) is 29.8 Å². The summed E-state index contributed by atoms with van der Waals surface area (Å²) in [4.78, 5) is 33.7. The number of nitrogens with zero attached hydrogens (tertiary/aromatic N) is 6. The van der Waals surface area contributed by atoms with Gasteiger partial charge in [-0.25, -0.2) is 4.98 Å². The molecule has 14 heteroatoms. The fraction of sp³-hybridized carbons (Fsp3) is 0.269. The van der Waals surface area contributed by atoms with Crippen LogP contribution in [0.5, 0.6) is 0 Å². The zero-order valence-corrected chi connectivity index (χ0v) is 22.2. The fourth-order valence-corrected chi connectivity index (χ4v) is 4.48. The molecule has 0 radical (unpaired) electrons. The molecule has 1 amide bonds. The largest absolute Gasteiger partial charge is 0.418 e. The minimum absolute atomic E-state index is 0.00643. The molecule has 5 rings (SSSR count). The number of aromatic nitrogens is 4. The topological polar surface area (TPSA) is 112 Å². The van der Waals surface area contributed by atoms with Crippen LogP contribution in [0.25, 0.3) is 0 Å². The van der Waals surface area contributed by atoms with Gasteiger partial charge in [-0.3, -0.25) is 10.1 Å². The third-order valence-electron chi connectivity index (χ3n) is 6.25. The molecule has 0 unspecified atom stereocenters. The van der Waals surface area contributed by atoms with E-state index < -0.39 is 17.6 Å². The number of piperazine rings is 1. The van der Waals surface area contributed by atoms with E-state index in [1.807, 2.05) is 22.8 Å². The van der Waals surface area contributed by atoms with Gasteiger partial charge in [0.2, 0.25) is 17.7 Å². The van der Waals surface area contributed by atoms with Gasteiger partial charge >= 0.3 is 12.2 Å². The average Bonchev–Trinajstić information content (AvgIpc) is 3.39. The molecule has 0 bridgehead atoms. The van der Waals surface area contributed by atoms with Crippen molar-refractivity contribution in [2.45, 2.75) is 20.0 Å². The molecule has 0 atom stereocenters. The Bertz CT molecular complexity index is 1520. The van der Waals surface area contributed by atoms with E-state index in [2.05, 4.69) is 30.6 Å². The first-order chi connectivity index (χ1) is 19.1. The Morgan fingerprint density at radius 1 is 1.00 bits per heavy atom. The number of rotatable bonds is 6. The van der Waals surface area contributed by atoms with Crippen molar-refractivity contribution in [2.24, 2.45) is 0 Å². The molecule has 1 aliphatic heterocycles. The van der Waals surface area contributed by atoms with Crippen LogP contribution in [0, 0.1) is 13.8 Å². The maximum absolute atomic E-state index is 13.1. The van der Waals surface area contributed by atoms with Gasteiger partial charge in [0.1, 0.15) is 5.82 Å². The number of carbonyl (C=O) groups is 1. The second kappa shape index (κ2) is 11.0. The third kappa shape index (κ3) is 6.09. The van der Waals surface area contributed by atoms with Crippen molar-refractivity contribution in [3.05, 3.63) is 76.4 Å². The van der Waals surface area contributed by atoms with Gasteiger partial charge in [0.25, 0.3) is 5.91 Å². The van der Waals surface area contributed by atoms with Gasteiger partial charge < -0.3 is 19.5 Å². The van der Waals surface area contributed by atoms with Crippen molar-refractivity contribution in [2.75, 3.05) is 46.6 Å². The van der Waals surface area contributed by atoms with E-state index in [-0.39, 0.29) is 17.7 Å². The van der Waals surface area contributed by atoms with Crippen LogP contribution in [0.2, 0.25) is 5.02 Å². The summed E-state index contributed by atoms with van der Waals surface area (Å²) in [5, 5.41) is 5.97. The highest BCUT2D eigenvalue weighted by Crippen LogP contribution is 2.32. The Balaban J connectivity index is 1.24. The first-order valence-corrected chi connectivity index (χ1v) is 12.6. The number of para-hydroxylation sites is 1. The molecule has 2 aromatic heterocycles. The first-order valence-electron chi connectivity index (χ1n) is 12.3. The zero-order valence-electron chi connectivity index (χ0n) is 21.5. The number of hydrogen-bond donors (Lipinski definition) is 2. The molecule has 0 saturated carbocycles. The van der Waals surface area contributed by atoms with E-state index in [0.29, 0.717) is 54.3 Å². The normalized spacial score (nSPS) is 13.8. The second-order valence-corrected chi connectivity index (χ2v) is 9.48. The number of aryl methyl sites for hydroxylation is 2. The number of anilines is 5. The molecule has 4 aromatic rings. The monoisotopic (exact) mass is 572 g/mol. The molecule has 2 aromatic carbocycles. The number of carbonyl (C=O) groups excluding carboxylic acids is 1. The van der Waals surface area contributed by atoms with Crippen molar-refractivity contribution < 1.29 is 22.4 Å². The summed E-state index contributed by atoms with van der Waals surface area (Å²) in [6, 6.07) is 10.6. The van der Waals surface area contributed by atoms with Gasteiger partial charge in [-0.2, -0.15) is 28.1 Å². The number of amides is 1. The summed E-state index contributed by atoms with van der Waals surface area (Å²) >= 11 is 6.19. The maximum atomic E-state index is 13.1. The van der Waals surface area contributed by atoms with Crippen molar-refractivity contribution in [3.8, 4) is 0 Å². The summed E-state index contributed by atoms with van der Waals surface area (Å²) < 4.78 is 44.9. The molecule has 40 heavy (non-hydrogen) atoms. The van der Waals surface area contributed by atoms with E-state index in [0.717, 1.165) is 17.7 Å². The van der Waals surface area contributed by atoms with Crippen molar-refractivity contribution in [1.82, 2.24) is 19.9 Å². The number of halogens is 4. The van der Waals surface area contributed by atoms with Crippen molar-refractivity contribution >= 4 is 46.8 Å². The van der Waals surface area contributed by atoms with Gasteiger partial charge in [0, 0.05) is 31.9 Å². The lowest BCUT2D eigenvalue weighted by molar-refractivity contribution is -0.137. The molecule has 1 aliphatic rings. The summed E-state index contributed by atoms with van der Waals surface area (Å²) in [6.07, 6.45) is -3.13. The average molecular weight is 573 g/mol. The number of nitrogens with one attached hydrogen (secondary N) is 2. The molecule has 2 N–H and O–H groups in total. The highest BCUT2D eigenvalue weighted by atomic mass is 35.5. The van der Waals surface area contributed by atoms with Gasteiger partial charge in [-0.15, -0.1) is 0 Å². The Morgan fingerprint density at radius 2 is 1.73 bits per heavy atom. The highest BCUT2D eigenvalue weighted by Gasteiger charge is 2.31.